The predicted molar refractivity (Wildman–Crippen MR) is 102 cm³/mol. The zero-order valence-electron chi connectivity index (χ0n) is 14.9. The standard InChI is InChI=1S/C21H23ClO3/c1-4-5-15-12-17(22)21-19(20(15)23)13(2)18(25-21)11-8-14-6-9-16(24-3)10-7-14/h6-7,9-10,12,23H,4-5,8,11H2,1-3H3. The predicted octanol–water partition coefficient (Wildman–Crippen LogP) is 5.85. The topological polar surface area (TPSA) is 42.6 Å². The summed E-state index contributed by atoms with van der Waals surface area (Å²) in [5.41, 5.74) is 3.65. The molecule has 4 heteroatoms. The Labute approximate surface area is 153 Å². The van der Waals surface area contributed by atoms with Crippen LogP contribution in [0.15, 0.2) is 34.7 Å². The van der Waals surface area contributed by atoms with E-state index >= 15 is 0 Å². The third-order valence-electron chi connectivity index (χ3n) is 4.62. The van der Waals surface area contributed by atoms with Crippen LogP contribution in [0.5, 0.6) is 11.5 Å². The van der Waals surface area contributed by atoms with Crippen molar-refractivity contribution in [2.45, 2.75) is 39.5 Å². The van der Waals surface area contributed by atoms with Crippen LogP contribution in [-0.4, -0.2) is 12.2 Å². The number of aromatic hydroxyl groups is 1. The van der Waals surface area contributed by atoms with Crippen LogP contribution < -0.4 is 4.74 Å². The zero-order valence-corrected chi connectivity index (χ0v) is 15.6. The van der Waals surface area contributed by atoms with Gasteiger partial charge in [-0.15, -0.1) is 0 Å². The lowest BCUT2D eigenvalue weighted by Crippen LogP contribution is -1.92. The minimum absolute atomic E-state index is 0.304. The number of methoxy groups -OCH3 is 1. The smallest absolute Gasteiger partial charge is 0.156 e. The Hall–Kier alpha value is -2.13. The molecule has 0 aliphatic rings. The summed E-state index contributed by atoms with van der Waals surface area (Å²) in [6.45, 7) is 4.07. The number of ether oxygens (including phenoxy) is 1. The molecule has 2 aromatic carbocycles. The number of hydrogen-bond acceptors (Lipinski definition) is 3. The molecular formula is C21H23ClO3. The molecule has 3 nitrogen and oxygen atoms in total. The van der Waals surface area contributed by atoms with Crippen molar-refractivity contribution in [1.82, 2.24) is 0 Å². The maximum Gasteiger partial charge on any atom is 0.156 e. The lowest BCUT2D eigenvalue weighted by atomic mass is 10.0. The monoisotopic (exact) mass is 358 g/mol. The molecule has 3 rings (SSSR count). The molecule has 0 spiro atoms. The van der Waals surface area contributed by atoms with E-state index in [0.717, 1.165) is 53.7 Å². The summed E-state index contributed by atoms with van der Waals surface area (Å²) >= 11 is 6.39. The highest BCUT2D eigenvalue weighted by molar-refractivity contribution is 6.35. The van der Waals surface area contributed by atoms with Gasteiger partial charge in [0.15, 0.2) is 5.58 Å². The summed E-state index contributed by atoms with van der Waals surface area (Å²) < 4.78 is 11.2. The Morgan fingerprint density at radius 1 is 1.12 bits per heavy atom. The normalized spacial score (nSPS) is 11.2. The van der Waals surface area contributed by atoms with Crippen molar-refractivity contribution in [3.05, 3.63) is 57.8 Å². The van der Waals surface area contributed by atoms with Crippen LogP contribution in [0.1, 0.15) is 35.8 Å². The van der Waals surface area contributed by atoms with Gasteiger partial charge in [0.1, 0.15) is 17.3 Å². The van der Waals surface area contributed by atoms with E-state index in [1.54, 1.807) is 7.11 Å². The maximum atomic E-state index is 10.6. The van der Waals surface area contributed by atoms with Crippen LogP contribution in [0.3, 0.4) is 0 Å². The van der Waals surface area contributed by atoms with Crippen molar-refractivity contribution in [2.24, 2.45) is 0 Å². The van der Waals surface area contributed by atoms with Gasteiger partial charge in [-0.3, -0.25) is 0 Å². The molecular weight excluding hydrogens is 336 g/mol. The van der Waals surface area contributed by atoms with Crippen molar-refractivity contribution in [2.75, 3.05) is 7.11 Å². The first-order valence-corrected chi connectivity index (χ1v) is 8.98. The molecule has 1 aromatic heterocycles. The number of aryl methyl sites for hydroxylation is 4. The fraction of sp³-hybridized carbons (Fsp3) is 0.333. The van der Waals surface area contributed by atoms with Gasteiger partial charge in [0.2, 0.25) is 0 Å². The molecule has 3 aromatic rings. The molecule has 0 radical (unpaired) electrons. The molecule has 0 aliphatic carbocycles. The van der Waals surface area contributed by atoms with Crippen LogP contribution >= 0.6 is 11.6 Å². The number of benzene rings is 2. The van der Waals surface area contributed by atoms with Crippen molar-refractivity contribution in [1.29, 1.82) is 0 Å². The number of phenolic OH excluding ortho intramolecular Hbond substituents is 1. The zero-order chi connectivity index (χ0) is 18.0. The Balaban J connectivity index is 1.90. The van der Waals surface area contributed by atoms with Gasteiger partial charge in [-0.25, -0.2) is 0 Å². The molecule has 132 valence electrons. The number of rotatable bonds is 6. The number of phenols is 1. The minimum atomic E-state index is 0.304. The minimum Gasteiger partial charge on any atom is -0.507 e. The van der Waals surface area contributed by atoms with Gasteiger partial charge in [0.05, 0.1) is 17.5 Å². The van der Waals surface area contributed by atoms with Crippen molar-refractivity contribution in [3.8, 4) is 11.5 Å². The third-order valence-corrected chi connectivity index (χ3v) is 4.90. The second kappa shape index (κ2) is 7.40. The first-order valence-electron chi connectivity index (χ1n) is 8.60. The first-order chi connectivity index (χ1) is 12.0. The van der Waals surface area contributed by atoms with Gasteiger partial charge in [-0.2, -0.15) is 0 Å². The quantitative estimate of drug-likeness (QED) is 0.601. The van der Waals surface area contributed by atoms with Crippen LogP contribution in [-0.2, 0) is 19.3 Å². The average molecular weight is 359 g/mol. The highest BCUT2D eigenvalue weighted by Gasteiger charge is 2.19. The lowest BCUT2D eigenvalue weighted by molar-refractivity contribution is 0.414. The summed E-state index contributed by atoms with van der Waals surface area (Å²) in [6.07, 6.45) is 3.36. The molecule has 25 heavy (non-hydrogen) atoms. The fourth-order valence-corrected chi connectivity index (χ4v) is 3.47. The number of furan rings is 1. The second-order valence-corrected chi connectivity index (χ2v) is 6.73. The van der Waals surface area contributed by atoms with Crippen molar-refractivity contribution >= 4 is 22.6 Å². The van der Waals surface area contributed by atoms with Gasteiger partial charge in [0, 0.05) is 12.0 Å². The Bertz CT molecular complexity index is 879. The van der Waals surface area contributed by atoms with Crippen molar-refractivity contribution < 1.29 is 14.3 Å². The molecule has 0 bridgehead atoms. The molecule has 0 amide bonds. The van der Waals surface area contributed by atoms with E-state index < -0.39 is 0 Å². The molecule has 0 atom stereocenters. The van der Waals surface area contributed by atoms with Crippen LogP contribution in [0.4, 0.5) is 0 Å². The molecule has 1 heterocycles. The van der Waals surface area contributed by atoms with E-state index in [0.29, 0.717) is 16.4 Å². The molecule has 0 saturated heterocycles. The van der Waals surface area contributed by atoms with E-state index in [1.807, 2.05) is 25.1 Å². The fourth-order valence-electron chi connectivity index (χ4n) is 3.21. The van der Waals surface area contributed by atoms with Gasteiger partial charge in [-0.05, 0) is 49.1 Å². The highest BCUT2D eigenvalue weighted by Crippen LogP contribution is 2.40. The number of halogens is 1. The van der Waals surface area contributed by atoms with Crippen LogP contribution in [0, 0.1) is 6.92 Å². The lowest BCUT2D eigenvalue weighted by Gasteiger charge is -2.05. The molecule has 1 N–H and O–H groups in total. The molecule has 0 fully saturated rings. The first kappa shape index (κ1) is 17.7. The Morgan fingerprint density at radius 2 is 1.84 bits per heavy atom. The van der Waals surface area contributed by atoms with E-state index in [1.165, 1.54) is 5.56 Å². The van der Waals surface area contributed by atoms with E-state index in [2.05, 4.69) is 19.1 Å². The summed E-state index contributed by atoms with van der Waals surface area (Å²) in [7, 11) is 1.66. The molecule has 0 unspecified atom stereocenters. The highest BCUT2D eigenvalue weighted by atomic mass is 35.5. The maximum absolute atomic E-state index is 10.6. The van der Waals surface area contributed by atoms with Crippen LogP contribution in [0.25, 0.3) is 11.0 Å². The van der Waals surface area contributed by atoms with E-state index in [9.17, 15) is 5.11 Å². The Kier molecular flexibility index (Phi) is 5.24. The van der Waals surface area contributed by atoms with Gasteiger partial charge < -0.3 is 14.3 Å². The number of hydrogen-bond donors (Lipinski definition) is 1. The molecule has 0 aliphatic heterocycles. The van der Waals surface area contributed by atoms with Crippen molar-refractivity contribution in [3.63, 3.8) is 0 Å². The average Bonchev–Trinajstić information content (AvgIpc) is 2.96. The third kappa shape index (κ3) is 3.47. The Morgan fingerprint density at radius 3 is 2.48 bits per heavy atom. The number of fused-ring (bicyclic) bond motifs is 1. The summed E-state index contributed by atoms with van der Waals surface area (Å²) in [5, 5.41) is 11.9. The molecule has 0 saturated carbocycles. The SMILES string of the molecule is CCCc1cc(Cl)c2oc(CCc3ccc(OC)cc3)c(C)c2c1O. The van der Waals surface area contributed by atoms with Gasteiger partial charge in [0.25, 0.3) is 0 Å². The largest absolute Gasteiger partial charge is 0.507 e. The van der Waals surface area contributed by atoms with E-state index in [-0.39, 0.29) is 0 Å². The summed E-state index contributed by atoms with van der Waals surface area (Å²) in [5.74, 6) is 2.03. The van der Waals surface area contributed by atoms with E-state index in [4.69, 9.17) is 20.8 Å². The second-order valence-electron chi connectivity index (χ2n) is 6.32. The summed E-state index contributed by atoms with van der Waals surface area (Å²) in [4.78, 5) is 0. The van der Waals surface area contributed by atoms with Gasteiger partial charge >= 0.3 is 0 Å². The summed E-state index contributed by atoms with van der Waals surface area (Å²) in [6, 6.07) is 9.85. The van der Waals surface area contributed by atoms with Crippen LogP contribution in [0.2, 0.25) is 5.02 Å². The van der Waals surface area contributed by atoms with Gasteiger partial charge in [-0.1, -0.05) is 37.1 Å².